The van der Waals surface area contributed by atoms with Gasteiger partial charge < -0.3 is 15.8 Å². The minimum atomic E-state index is -0.525. The molecule has 96 valence electrons. The van der Waals surface area contributed by atoms with Crippen molar-refractivity contribution < 1.29 is 13.9 Å². The topological polar surface area (TPSA) is 88.1 Å². The number of hydrogen-bond acceptors (Lipinski definition) is 4. The number of nitrogens with zero attached hydrogens (tertiary/aromatic N) is 1. The maximum Gasteiger partial charge on any atom is 0.243 e. The lowest BCUT2D eigenvalue weighted by atomic mass is 10.1. The zero-order chi connectivity index (χ0) is 13.4. The molecule has 1 aromatic rings. The monoisotopic (exact) mass is 251 g/mol. The number of primary amides is 1. The molecular weight excluding hydrogens is 237 g/mol. The van der Waals surface area contributed by atoms with Gasteiger partial charge in [-0.05, 0) is 18.2 Å². The smallest absolute Gasteiger partial charge is 0.243 e. The van der Waals surface area contributed by atoms with Crippen molar-refractivity contribution in [3.63, 3.8) is 0 Å². The average molecular weight is 251 g/mol. The minimum Gasteiger partial charge on any atom is -0.370 e. The molecule has 0 saturated heterocycles. The first-order chi connectivity index (χ1) is 8.63. The van der Waals surface area contributed by atoms with Gasteiger partial charge in [-0.25, -0.2) is 4.39 Å². The van der Waals surface area contributed by atoms with E-state index in [1.807, 2.05) is 6.07 Å². The van der Waals surface area contributed by atoms with E-state index in [0.717, 1.165) is 0 Å². The first-order valence-electron chi connectivity index (χ1n) is 5.38. The number of benzene rings is 1. The van der Waals surface area contributed by atoms with E-state index in [2.05, 4.69) is 5.32 Å². The van der Waals surface area contributed by atoms with Gasteiger partial charge in [0.25, 0.3) is 0 Å². The third-order valence-electron chi connectivity index (χ3n) is 2.16. The highest BCUT2D eigenvalue weighted by Gasteiger charge is 2.03. The van der Waals surface area contributed by atoms with Crippen molar-refractivity contribution in [1.82, 2.24) is 5.32 Å². The van der Waals surface area contributed by atoms with E-state index in [1.54, 1.807) is 0 Å². The Morgan fingerprint density at radius 3 is 3.00 bits per heavy atom. The summed E-state index contributed by atoms with van der Waals surface area (Å²) in [6, 6.07) is 6.13. The van der Waals surface area contributed by atoms with Gasteiger partial charge in [0, 0.05) is 18.7 Å². The average Bonchev–Trinajstić information content (AvgIpc) is 2.35. The Hall–Kier alpha value is -1.97. The van der Waals surface area contributed by atoms with Crippen LogP contribution in [0.1, 0.15) is 11.1 Å². The highest BCUT2D eigenvalue weighted by molar-refractivity contribution is 5.74. The van der Waals surface area contributed by atoms with Crippen molar-refractivity contribution in [2.24, 2.45) is 5.73 Å². The van der Waals surface area contributed by atoms with Gasteiger partial charge in [0.1, 0.15) is 12.4 Å². The maximum absolute atomic E-state index is 13.3. The Kier molecular flexibility index (Phi) is 5.77. The number of hydrogen-bond donors (Lipinski definition) is 2. The molecule has 0 radical (unpaired) electrons. The van der Waals surface area contributed by atoms with Crippen LogP contribution in [-0.4, -0.2) is 25.7 Å². The van der Waals surface area contributed by atoms with Crippen LogP contribution in [0.2, 0.25) is 0 Å². The van der Waals surface area contributed by atoms with Crippen molar-refractivity contribution in [2.75, 3.05) is 19.8 Å². The third-order valence-corrected chi connectivity index (χ3v) is 2.16. The molecule has 1 amide bonds. The van der Waals surface area contributed by atoms with E-state index in [9.17, 15) is 9.18 Å². The van der Waals surface area contributed by atoms with Gasteiger partial charge >= 0.3 is 0 Å². The first kappa shape index (κ1) is 14.1. The van der Waals surface area contributed by atoms with Gasteiger partial charge in [0.2, 0.25) is 5.91 Å². The number of nitrogens with one attached hydrogen (secondary N) is 1. The predicted molar refractivity (Wildman–Crippen MR) is 62.8 cm³/mol. The molecule has 0 aliphatic carbocycles. The molecule has 3 N–H and O–H groups in total. The quantitative estimate of drug-likeness (QED) is 0.682. The molecule has 0 aliphatic rings. The number of halogens is 1. The summed E-state index contributed by atoms with van der Waals surface area (Å²) in [4.78, 5) is 10.4. The number of ether oxygens (including phenoxy) is 1. The molecule has 18 heavy (non-hydrogen) atoms. The highest BCUT2D eigenvalue weighted by Crippen LogP contribution is 2.09. The SMILES string of the molecule is N#Cc1ccc(F)c(CNCCOCC(N)=O)c1. The molecular formula is C12H14FN3O2. The summed E-state index contributed by atoms with van der Waals surface area (Å²) in [5.74, 6) is -0.887. The fourth-order valence-electron chi connectivity index (χ4n) is 1.32. The van der Waals surface area contributed by atoms with Gasteiger partial charge in [-0.2, -0.15) is 5.26 Å². The second-order valence-electron chi connectivity index (χ2n) is 3.61. The van der Waals surface area contributed by atoms with E-state index in [1.165, 1.54) is 18.2 Å². The minimum absolute atomic E-state index is 0.125. The van der Waals surface area contributed by atoms with Crippen molar-refractivity contribution in [3.8, 4) is 6.07 Å². The highest BCUT2D eigenvalue weighted by atomic mass is 19.1. The van der Waals surface area contributed by atoms with Gasteiger partial charge in [-0.1, -0.05) is 0 Å². The van der Waals surface area contributed by atoms with Crippen molar-refractivity contribution in [2.45, 2.75) is 6.54 Å². The fourth-order valence-corrected chi connectivity index (χ4v) is 1.32. The predicted octanol–water partition coefficient (Wildman–Crippen LogP) is 0.289. The zero-order valence-corrected chi connectivity index (χ0v) is 9.78. The number of rotatable bonds is 7. The van der Waals surface area contributed by atoms with Crippen LogP contribution in [0.25, 0.3) is 0 Å². The number of carbonyl (C=O) groups excluding carboxylic acids is 1. The third kappa shape index (κ3) is 4.91. The first-order valence-corrected chi connectivity index (χ1v) is 5.38. The fraction of sp³-hybridized carbons (Fsp3) is 0.333. The number of nitriles is 1. The van der Waals surface area contributed by atoms with Crippen LogP contribution in [0, 0.1) is 17.1 Å². The molecule has 0 fully saturated rings. The number of carbonyl (C=O) groups is 1. The lowest BCUT2D eigenvalue weighted by molar-refractivity contribution is -0.122. The van der Waals surface area contributed by atoms with Crippen molar-refractivity contribution in [3.05, 3.63) is 35.1 Å². The van der Waals surface area contributed by atoms with E-state index >= 15 is 0 Å². The molecule has 0 heterocycles. The molecule has 0 aliphatic heterocycles. The van der Waals surface area contributed by atoms with Gasteiger partial charge in [-0.3, -0.25) is 4.79 Å². The molecule has 0 atom stereocenters. The van der Waals surface area contributed by atoms with Crippen LogP contribution in [0.4, 0.5) is 4.39 Å². The lowest BCUT2D eigenvalue weighted by Gasteiger charge is -2.06. The summed E-state index contributed by atoms with van der Waals surface area (Å²) in [5.41, 5.74) is 5.72. The summed E-state index contributed by atoms with van der Waals surface area (Å²) >= 11 is 0. The molecule has 1 aromatic carbocycles. The van der Waals surface area contributed by atoms with Crippen LogP contribution in [0.15, 0.2) is 18.2 Å². The second-order valence-corrected chi connectivity index (χ2v) is 3.61. The molecule has 0 saturated carbocycles. The Morgan fingerprint density at radius 1 is 1.56 bits per heavy atom. The molecule has 0 aromatic heterocycles. The summed E-state index contributed by atoms with van der Waals surface area (Å²) in [6.45, 7) is 0.938. The molecule has 5 nitrogen and oxygen atoms in total. The summed E-state index contributed by atoms with van der Waals surface area (Å²) in [5, 5.41) is 11.6. The van der Waals surface area contributed by atoms with Crippen LogP contribution >= 0.6 is 0 Å². The van der Waals surface area contributed by atoms with Gasteiger partial charge in [0.05, 0.1) is 18.2 Å². The van der Waals surface area contributed by atoms with E-state index in [0.29, 0.717) is 30.8 Å². The Morgan fingerprint density at radius 2 is 2.33 bits per heavy atom. The standard InChI is InChI=1S/C12H14FN3O2/c13-11-2-1-9(6-14)5-10(11)7-16-3-4-18-8-12(15)17/h1-2,5,16H,3-4,7-8H2,(H2,15,17). The van der Waals surface area contributed by atoms with Crippen LogP contribution < -0.4 is 11.1 Å². The van der Waals surface area contributed by atoms with Gasteiger partial charge in [0.15, 0.2) is 0 Å². The number of nitrogens with two attached hydrogens (primary N) is 1. The summed E-state index contributed by atoms with van der Waals surface area (Å²) in [6.07, 6.45) is 0. The largest absolute Gasteiger partial charge is 0.370 e. The van der Waals surface area contributed by atoms with Crippen LogP contribution in [0.5, 0.6) is 0 Å². The lowest BCUT2D eigenvalue weighted by Crippen LogP contribution is -2.24. The molecule has 0 unspecified atom stereocenters. The summed E-state index contributed by atoms with van der Waals surface area (Å²) < 4.78 is 18.3. The molecule has 1 rings (SSSR count). The summed E-state index contributed by atoms with van der Waals surface area (Å²) in [7, 11) is 0. The molecule has 0 bridgehead atoms. The van der Waals surface area contributed by atoms with Crippen LogP contribution in [-0.2, 0) is 16.1 Å². The normalized spacial score (nSPS) is 10.0. The Labute approximate surface area is 104 Å². The van der Waals surface area contributed by atoms with E-state index < -0.39 is 5.91 Å². The van der Waals surface area contributed by atoms with E-state index in [4.69, 9.17) is 15.7 Å². The van der Waals surface area contributed by atoms with Crippen LogP contribution in [0.3, 0.4) is 0 Å². The number of amides is 1. The molecule has 6 heteroatoms. The Balaban J connectivity index is 2.31. The second kappa shape index (κ2) is 7.37. The molecule has 0 spiro atoms. The Bertz CT molecular complexity index is 457. The van der Waals surface area contributed by atoms with Gasteiger partial charge in [-0.15, -0.1) is 0 Å². The van der Waals surface area contributed by atoms with Crippen molar-refractivity contribution >= 4 is 5.91 Å². The zero-order valence-electron chi connectivity index (χ0n) is 9.78. The van der Waals surface area contributed by atoms with E-state index in [-0.39, 0.29) is 12.4 Å². The van der Waals surface area contributed by atoms with Crippen molar-refractivity contribution in [1.29, 1.82) is 5.26 Å². The maximum atomic E-state index is 13.3.